The van der Waals surface area contributed by atoms with E-state index in [0.717, 1.165) is 11.1 Å². The average molecular weight is 250 g/mol. The Balaban J connectivity index is 2.87. The Morgan fingerprint density at radius 3 is 2.56 bits per heavy atom. The number of benzene rings is 1. The van der Waals surface area contributed by atoms with E-state index in [-0.39, 0.29) is 5.91 Å². The Labute approximate surface area is 108 Å². The molecule has 1 rings (SSSR count). The van der Waals surface area contributed by atoms with Crippen molar-refractivity contribution in [3.8, 4) is 0 Å². The molecule has 1 atom stereocenters. The molecule has 1 amide bonds. The summed E-state index contributed by atoms with van der Waals surface area (Å²) in [5.41, 5.74) is 9.01. The van der Waals surface area contributed by atoms with Gasteiger partial charge in [-0.25, -0.2) is 0 Å². The number of hydrogen-bond acceptors (Lipinski definition) is 3. The van der Waals surface area contributed by atoms with Crippen molar-refractivity contribution in [3.63, 3.8) is 0 Å². The third-order valence-electron chi connectivity index (χ3n) is 3.07. The number of aliphatic hydroxyl groups excluding tert-OH is 1. The molecular formula is C14H22N2O2. The van der Waals surface area contributed by atoms with Crippen molar-refractivity contribution in [3.05, 3.63) is 28.8 Å². The molecule has 100 valence electrons. The number of carbonyl (C=O) groups is 1. The molecule has 0 aromatic heterocycles. The molecule has 4 nitrogen and oxygen atoms in total. The van der Waals surface area contributed by atoms with Crippen molar-refractivity contribution in [2.75, 3.05) is 19.3 Å². The van der Waals surface area contributed by atoms with E-state index >= 15 is 0 Å². The first-order valence-corrected chi connectivity index (χ1v) is 6.13. The number of hydrogen-bond donors (Lipinski definition) is 2. The molecule has 0 heterocycles. The van der Waals surface area contributed by atoms with Gasteiger partial charge in [-0.15, -0.1) is 0 Å². The number of aryl methyl sites for hydroxylation is 2. The number of rotatable bonds is 4. The largest absolute Gasteiger partial charge is 0.398 e. The zero-order valence-electron chi connectivity index (χ0n) is 11.5. The third-order valence-corrected chi connectivity index (χ3v) is 3.07. The molecule has 4 heteroatoms. The van der Waals surface area contributed by atoms with E-state index in [9.17, 15) is 9.90 Å². The summed E-state index contributed by atoms with van der Waals surface area (Å²) in [4.78, 5) is 13.8. The van der Waals surface area contributed by atoms with Crippen molar-refractivity contribution in [2.24, 2.45) is 0 Å². The van der Waals surface area contributed by atoms with Gasteiger partial charge in [-0.2, -0.15) is 0 Å². The summed E-state index contributed by atoms with van der Waals surface area (Å²) in [6.45, 7) is 6.08. The first-order valence-electron chi connectivity index (χ1n) is 6.13. The molecule has 1 aromatic rings. The summed E-state index contributed by atoms with van der Waals surface area (Å²) in [5.74, 6) is -0.0557. The number of anilines is 1. The van der Waals surface area contributed by atoms with Gasteiger partial charge in [-0.1, -0.05) is 6.07 Å². The van der Waals surface area contributed by atoms with E-state index in [4.69, 9.17) is 5.73 Å². The molecule has 1 unspecified atom stereocenters. The molecular weight excluding hydrogens is 228 g/mol. The molecule has 3 N–H and O–H groups in total. The molecule has 0 fully saturated rings. The van der Waals surface area contributed by atoms with Crippen LogP contribution < -0.4 is 5.73 Å². The van der Waals surface area contributed by atoms with E-state index in [1.807, 2.05) is 19.9 Å². The number of nitrogen functional groups attached to an aromatic ring is 1. The maximum absolute atomic E-state index is 12.2. The molecule has 0 aliphatic heterocycles. The highest BCUT2D eigenvalue weighted by molar-refractivity contribution is 5.96. The summed E-state index contributed by atoms with van der Waals surface area (Å²) in [5, 5.41) is 9.23. The monoisotopic (exact) mass is 250 g/mol. The van der Waals surface area contributed by atoms with E-state index in [2.05, 4.69) is 0 Å². The van der Waals surface area contributed by atoms with Crippen LogP contribution in [0.5, 0.6) is 0 Å². The van der Waals surface area contributed by atoms with Crippen LogP contribution in [0, 0.1) is 13.8 Å². The van der Waals surface area contributed by atoms with Crippen LogP contribution in [-0.4, -0.2) is 35.6 Å². The van der Waals surface area contributed by atoms with Gasteiger partial charge in [0.2, 0.25) is 0 Å². The maximum Gasteiger partial charge on any atom is 0.253 e. The van der Waals surface area contributed by atoms with Gasteiger partial charge < -0.3 is 15.7 Å². The van der Waals surface area contributed by atoms with Crippen LogP contribution in [0.4, 0.5) is 5.69 Å². The van der Waals surface area contributed by atoms with Crippen molar-refractivity contribution in [1.82, 2.24) is 4.90 Å². The first kappa shape index (κ1) is 14.5. The highest BCUT2D eigenvalue weighted by Crippen LogP contribution is 2.19. The minimum Gasteiger partial charge on any atom is -0.398 e. The van der Waals surface area contributed by atoms with Crippen LogP contribution in [0.1, 0.15) is 34.8 Å². The van der Waals surface area contributed by atoms with E-state index in [0.29, 0.717) is 24.2 Å². The quantitative estimate of drug-likeness (QED) is 0.800. The summed E-state index contributed by atoms with van der Waals surface area (Å²) in [6, 6.07) is 3.65. The molecule has 1 aromatic carbocycles. The number of carbonyl (C=O) groups excluding carboxylic acids is 1. The number of amides is 1. The molecule has 0 spiro atoms. The fourth-order valence-corrected chi connectivity index (χ4v) is 1.79. The second-order valence-electron chi connectivity index (χ2n) is 4.89. The predicted octanol–water partition coefficient (Wildman–Crippen LogP) is 1.73. The number of nitrogens with zero attached hydrogens (tertiary/aromatic N) is 1. The maximum atomic E-state index is 12.2. The van der Waals surface area contributed by atoms with Gasteiger partial charge in [-0.3, -0.25) is 4.79 Å². The van der Waals surface area contributed by atoms with Gasteiger partial charge in [-0.05, 0) is 44.4 Å². The van der Waals surface area contributed by atoms with Gasteiger partial charge in [0.25, 0.3) is 5.91 Å². The highest BCUT2D eigenvalue weighted by atomic mass is 16.3. The molecule has 0 aliphatic rings. The van der Waals surface area contributed by atoms with E-state index in [1.165, 1.54) is 0 Å². The lowest BCUT2D eigenvalue weighted by atomic mass is 10.0. The number of aliphatic hydroxyl groups is 1. The van der Waals surface area contributed by atoms with Gasteiger partial charge >= 0.3 is 0 Å². The van der Waals surface area contributed by atoms with Crippen LogP contribution in [0.3, 0.4) is 0 Å². The Hall–Kier alpha value is -1.55. The van der Waals surface area contributed by atoms with Gasteiger partial charge in [0, 0.05) is 24.8 Å². The SMILES string of the molecule is Cc1cc(C)c(C(=O)N(C)CCC(C)O)cc1N. The molecule has 0 saturated carbocycles. The van der Waals surface area contributed by atoms with Crippen molar-refractivity contribution in [2.45, 2.75) is 33.3 Å². The highest BCUT2D eigenvalue weighted by Gasteiger charge is 2.15. The average Bonchev–Trinajstić information content (AvgIpc) is 2.29. The zero-order chi connectivity index (χ0) is 13.9. The lowest BCUT2D eigenvalue weighted by molar-refractivity contribution is 0.0768. The lowest BCUT2D eigenvalue weighted by Gasteiger charge is -2.19. The van der Waals surface area contributed by atoms with Crippen LogP contribution in [0.2, 0.25) is 0 Å². The summed E-state index contributed by atoms with van der Waals surface area (Å²) in [7, 11) is 1.74. The van der Waals surface area contributed by atoms with Crippen LogP contribution in [-0.2, 0) is 0 Å². The molecule has 0 aliphatic carbocycles. The molecule has 0 radical (unpaired) electrons. The minimum atomic E-state index is -0.399. The molecule has 0 bridgehead atoms. The van der Waals surface area contributed by atoms with E-state index in [1.54, 1.807) is 24.9 Å². The smallest absolute Gasteiger partial charge is 0.253 e. The summed E-state index contributed by atoms with van der Waals surface area (Å²) in [6.07, 6.45) is 0.173. The van der Waals surface area contributed by atoms with Crippen molar-refractivity contribution < 1.29 is 9.90 Å². The Kier molecular flexibility index (Phi) is 4.73. The minimum absolute atomic E-state index is 0.0557. The van der Waals surface area contributed by atoms with Crippen molar-refractivity contribution in [1.29, 1.82) is 0 Å². The van der Waals surface area contributed by atoms with Gasteiger partial charge in [0.15, 0.2) is 0 Å². The Morgan fingerprint density at radius 2 is 2.00 bits per heavy atom. The normalized spacial score (nSPS) is 12.3. The van der Waals surface area contributed by atoms with Crippen LogP contribution >= 0.6 is 0 Å². The standard InChI is InChI=1S/C14H22N2O2/c1-9-7-10(2)13(15)8-12(9)14(18)16(4)6-5-11(3)17/h7-8,11,17H,5-6,15H2,1-4H3. The zero-order valence-corrected chi connectivity index (χ0v) is 11.5. The fraction of sp³-hybridized carbons (Fsp3) is 0.500. The van der Waals surface area contributed by atoms with Crippen LogP contribution in [0.15, 0.2) is 12.1 Å². The van der Waals surface area contributed by atoms with E-state index < -0.39 is 6.10 Å². The topological polar surface area (TPSA) is 66.6 Å². The van der Waals surface area contributed by atoms with Gasteiger partial charge in [0.1, 0.15) is 0 Å². The molecule has 0 saturated heterocycles. The summed E-state index contributed by atoms with van der Waals surface area (Å²) >= 11 is 0. The number of nitrogens with two attached hydrogens (primary N) is 1. The second kappa shape index (κ2) is 5.87. The summed E-state index contributed by atoms with van der Waals surface area (Å²) < 4.78 is 0. The predicted molar refractivity (Wildman–Crippen MR) is 73.6 cm³/mol. The lowest BCUT2D eigenvalue weighted by Crippen LogP contribution is -2.30. The Bertz CT molecular complexity index is 442. The van der Waals surface area contributed by atoms with Gasteiger partial charge in [0.05, 0.1) is 6.10 Å². The Morgan fingerprint density at radius 1 is 1.39 bits per heavy atom. The van der Waals surface area contributed by atoms with Crippen LogP contribution in [0.25, 0.3) is 0 Å². The second-order valence-corrected chi connectivity index (χ2v) is 4.89. The molecule has 18 heavy (non-hydrogen) atoms. The van der Waals surface area contributed by atoms with Crippen molar-refractivity contribution >= 4 is 11.6 Å². The first-order chi connectivity index (χ1) is 8.32. The third kappa shape index (κ3) is 3.47. The fourth-order valence-electron chi connectivity index (χ4n) is 1.79.